The van der Waals surface area contributed by atoms with Crippen molar-refractivity contribution in [2.45, 2.75) is 37.7 Å². The van der Waals surface area contributed by atoms with Gasteiger partial charge in [-0.2, -0.15) is 0 Å². The van der Waals surface area contributed by atoms with Crippen LogP contribution in [0.25, 0.3) is 0 Å². The predicted molar refractivity (Wildman–Crippen MR) is 79.9 cm³/mol. The molecule has 1 saturated heterocycles. The zero-order chi connectivity index (χ0) is 15.0. The lowest BCUT2D eigenvalue weighted by atomic mass is 9.71. The maximum atomic E-state index is 11.2. The molecule has 2 atom stereocenters. The van der Waals surface area contributed by atoms with Crippen LogP contribution in [0, 0.1) is 5.92 Å². The van der Waals surface area contributed by atoms with Crippen molar-refractivity contribution < 1.29 is 15.0 Å². The second-order valence-corrected chi connectivity index (χ2v) is 6.48. The van der Waals surface area contributed by atoms with Gasteiger partial charge in [-0.3, -0.25) is 0 Å². The van der Waals surface area contributed by atoms with E-state index in [1.54, 1.807) is 0 Å². The molecule has 1 aromatic rings. The first-order valence-electron chi connectivity index (χ1n) is 7.36. The largest absolute Gasteiger partial charge is 0.478 e. The van der Waals surface area contributed by atoms with Gasteiger partial charge in [-0.25, -0.2) is 9.78 Å². The van der Waals surface area contributed by atoms with Crippen molar-refractivity contribution in [1.29, 1.82) is 0 Å². The SMILES string of the molecule is O=C(O)c1cc(N2CCC3(O)CCCCC3C2)ncc1Cl. The van der Waals surface area contributed by atoms with Crippen LogP contribution in [0.15, 0.2) is 12.3 Å². The molecule has 5 nitrogen and oxygen atoms in total. The van der Waals surface area contributed by atoms with Gasteiger partial charge in [0.2, 0.25) is 0 Å². The number of rotatable bonds is 2. The van der Waals surface area contributed by atoms with Gasteiger partial charge in [0.15, 0.2) is 0 Å². The van der Waals surface area contributed by atoms with Gasteiger partial charge in [0.05, 0.1) is 16.2 Å². The van der Waals surface area contributed by atoms with E-state index >= 15 is 0 Å². The van der Waals surface area contributed by atoms with Crippen molar-refractivity contribution in [2.24, 2.45) is 5.92 Å². The van der Waals surface area contributed by atoms with Crippen LogP contribution in [-0.2, 0) is 0 Å². The topological polar surface area (TPSA) is 73.7 Å². The molecule has 0 radical (unpaired) electrons. The predicted octanol–water partition coefficient (Wildman–Crippen LogP) is 2.56. The van der Waals surface area contributed by atoms with Crippen LogP contribution in [-0.4, -0.2) is 39.9 Å². The Balaban J connectivity index is 1.82. The molecule has 2 heterocycles. The molecule has 1 aromatic heterocycles. The van der Waals surface area contributed by atoms with Crippen LogP contribution in [0.2, 0.25) is 5.02 Å². The number of pyridine rings is 1. The first kappa shape index (κ1) is 14.6. The molecule has 2 aliphatic rings. The Bertz CT molecular complexity index is 566. The minimum atomic E-state index is -1.05. The molecule has 1 saturated carbocycles. The van der Waals surface area contributed by atoms with E-state index in [0.717, 1.165) is 32.2 Å². The number of aromatic nitrogens is 1. The number of aliphatic hydroxyl groups is 1. The summed E-state index contributed by atoms with van der Waals surface area (Å²) in [7, 11) is 0. The lowest BCUT2D eigenvalue weighted by Gasteiger charge is -2.47. The maximum Gasteiger partial charge on any atom is 0.337 e. The van der Waals surface area contributed by atoms with Crippen molar-refractivity contribution in [2.75, 3.05) is 18.0 Å². The fourth-order valence-electron chi connectivity index (χ4n) is 3.54. The standard InChI is InChI=1S/C15H19ClN2O3/c16-12-8-17-13(7-11(12)14(19)20)18-6-5-15(21)4-2-1-3-10(15)9-18/h7-8,10,21H,1-6,9H2,(H,19,20). The molecule has 0 aromatic carbocycles. The van der Waals surface area contributed by atoms with Gasteiger partial charge in [-0.05, 0) is 25.3 Å². The smallest absolute Gasteiger partial charge is 0.337 e. The van der Waals surface area contributed by atoms with Gasteiger partial charge in [0, 0.05) is 25.2 Å². The third-order valence-electron chi connectivity index (χ3n) is 4.82. The Morgan fingerprint density at radius 3 is 3.00 bits per heavy atom. The summed E-state index contributed by atoms with van der Waals surface area (Å²) in [6.07, 6.45) is 6.24. The molecular formula is C15H19ClN2O3. The van der Waals surface area contributed by atoms with Gasteiger partial charge in [0.1, 0.15) is 5.82 Å². The Hall–Kier alpha value is -1.33. The number of fused-ring (bicyclic) bond motifs is 1. The molecule has 0 spiro atoms. The molecule has 114 valence electrons. The number of hydrogen-bond acceptors (Lipinski definition) is 4. The fraction of sp³-hybridized carbons (Fsp3) is 0.600. The second kappa shape index (κ2) is 5.46. The van der Waals surface area contributed by atoms with Gasteiger partial charge in [-0.15, -0.1) is 0 Å². The van der Waals surface area contributed by atoms with E-state index in [1.807, 2.05) is 0 Å². The number of anilines is 1. The number of carboxylic acids is 1. The van der Waals surface area contributed by atoms with Crippen LogP contribution in [0.1, 0.15) is 42.5 Å². The van der Waals surface area contributed by atoms with E-state index in [0.29, 0.717) is 18.8 Å². The van der Waals surface area contributed by atoms with Crippen molar-refractivity contribution in [3.8, 4) is 0 Å². The number of hydrogen-bond donors (Lipinski definition) is 2. The minimum Gasteiger partial charge on any atom is -0.478 e. The Morgan fingerprint density at radius 1 is 1.43 bits per heavy atom. The zero-order valence-corrected chi connectivity index (χ0v) is 12.5. The number of carbonyl (C=O) groups is 1. The highest BCUT2D eigenvalue weighted by Gasteiger charge is 2.43. The summed E-state index contributed by atoms with van der Waals surface area (Å²) >= 11 is 5.86. The lowest BCUT2D eigenvalue weighted by Crippen LogP contribution is -2.53. The van der Waals surface area contributed by atoms with Gasteiger partial charge < -0.3 is 15.1 Å². The van der Waals surface area contributed by atoms with Crippen molar-refractivity contribution in [3.05, 3.63) is 22.8 Å². The number of nitrogens with zero attached hydrogens (tertiary/aromatic N) is 2. The second-order valence-electron chi connectivity index (χ2n) is 6.07. The Morgan fingerprint density at radius 2 is 2.24 bits per heavy atom. The molecule has 3 rings (SSSR count). The third kappa shape index (κ3) is 2.72. The normalized spacial score (nSPS) is 29.0. The Labute approximate surface area is 128 Å². The summed E-state index contributed by atoms with van der Waals surface area (Å²) < 4.78 is 0. The molecule has 1 aliphatic carbocycles. The molecule has 21 heavy (non-hydrogen) atoms. The quantitative estimate of drug-likeness (QED) is 0.878. The Kier molecular flexibility index (Phi) is 3.80. The molecule has 6 heteroatoms. The average molecular weight is 311 g/mol. The third-order valence-corrected chi connectivity index (χ3v) is 5.12. The highest BCUT2D eigenvalue weighted by atomic mass is 35.5. The van der Waals surface area contributed by atoms with Crippen LogP contribution in [0.3, 0.4) is 0 Å². The monoisotopic (exact) mass is 310 g/mol. The summed E-state index contributed by atoms with van der Waals surface area (Å²) in [6, 6.07) is 1.53. The van der Waals surface area contributed by atoms with Crippen LogP contribution in [0.5, 0.6) is 0 Å². The van der Waals surface area contributed by atoms with Crippen LogP contribution in [0.4, 0.5) is 5.82 Å². The molecule has 0 bridgehead atoms. The molecule has 2 N–H and O–H groups in total. The lowest BCUT2D eigenvalue weighted by molar-refractivity contribution is -0.0613. The molecule has 1 aliphatic heterocycles. The highest BCUT2D eigenvalue weighted by Crippen LogP contribution is 2.40. The van der Waals surface area contributed by atoms with E-state index in [1.165, 1.54) is 12.3 Å². The van der Waals surface area contributed by atoms with E-state index in [2.05, 4.69) is 9.88 Å². The highest BCUT2D eigenvalue weighted by molar-refractivity contribution is 6.33. The van der Waals surface area contributed by atoms with Crippen molar-refractivity contribution in [3.63, 3.8) is 0 Å². The summed E-state index contributed by atoms with van der Waals surface area (Å²) in [4.78, 5) is 17.5. The first-order chi connectivity index (χ1) is 9.99. The summed E-state index contributed by atoms with van der Waals surface area (Å²) in [5.41, 5.74) is -0.470. The van der Waals surface area contributed by atoms with E-state index in [4.69, 9.17) is 16.7 Å². The fourth-order valence-corrected chi connectivity index (χ4v) is 3.73. The minimum absolute atomic E-state index is 0.0751. The number of aromatic carboxylic acids is 1. The summed E-state index contributed by atoms with van der Waals surface area (Å²) in [5, 5.41) is 20.0. The number of piperidine rings is 1. The van der Waals surface area contributed by atoms with E-state index in [9.17, 15) is 9.90 Å². The van der Waals surface area contributed by atoms with Crippen molar-refractivity contribution in [1.82, 2.24) is 4.98 Å². The van der Waals surface area contributed by atoms with Gasteiger partial charge >= 0.3 is 5.97 Å². The average Bonchev–Trinajstić information content (AvgIpc) is 2.46. The van der Waals surface area contributed by atoms with Crippen LogP contribution >= 0.6 is 11.6 Å². The van der Waals surface area contributed by atoms with Gasteiger partial charge in [-0.1, -0.05) is 24.4 Å². The van der Waals surface area contributed by atoms with Crippen LogP contribution < -0.4 is 4.90 Å². The van der Waals surface area contributed by atoms with E-state index in [-0.39, 0.29) is 16.5 Å². The number of carboxylic acid groups (broad SMARTS) is 1. The molecular weight excluding hydrogens is 292 g/mol. The summed E-state index contributed by atoms with van der Waals surface area (Å²) in [5.74, 6) is -0.176. The maximum absolute atomic E-state index is 11.2. The molecule has 2 fully saturated rings. The summed E-state index contributed by atoms with van der Waals surface area (Å²) in [6.45, 7) is 1.42. The number of halogens is 1. The van der Waals surface area contributed by atoms with Crippen molar-refractivity contribution >= 4 is 23.4 Å². The zero-order valence-electron chi connectivity index (χ0n) is 11.8. The van der Waals surface area contributed by atoms with Gasteiger partial charge in [0.25, 0.3) is 0 Å². The molecule has 2 unspecified atom stereocenters. The first-order valence-corrected chi connectivity index (χ1v) is 7.73. The molecule has 0 amide bonds. The van der Waals surface area contributed by atoms with E-state index < -0.39 is 11.6 Å².